The molecular formula is C14H18ClN3O2. The first-order chi connectivity index (χ1) is 9.65. The average Bonchev–Trinajstić information content (AvgIpc) is 2.85. The lowest BCUT2D eigenvalue weighted by atomic mass is 10.2. The van der Waals surface area contributed by atoms with Crippen molar-refractivity contribution in [3.05, 3.63) is 40.9 Å². The van der Waals surface area contributed by atoms with Crippen molar-refractivity contribution < 1.29 is 9.47 Å². The normalized spacial score (nSPS) is 10.6. The van der Waals surface area contributed by atoms with E-state index in [1.54, 1.807) is 25.4 Å². The first-order valence-electron chi connectivity index (χ1n) is 6.32. The van der Waals surface area contributed by atoms with Gasteiger partial charge >= 0.3 is 0 Å². The van der Waals surface area contributed by atoms with Crippen LogP contribution in [0.15, 0.2) is 24.5 Å². The molecule has 0 radical (unpaired) electrons. The van der Waals surface area contributed by atoms with Crippen LogP contribution >= 0.6 is 11.6 Å². The minimum absolute atomic E-state index is 0.344. The van der Waals surface area contributed by atoms with Gasteiger partial charge in [-0.2, -0.15) is 0 Å². The predicted molar refractivity (Wildman–Crippen MR) is 78.4 cm³/mol. The fraction of sp³-hybridized carbons (Fsp3) is 0.357. The Bertz CT molecular complexity index is 559. The third-order valence-electron chi connectivity index (χ3n) is 3.04. The molecule has 1 aromatic carbocycles. The van der Waals surface area contributed by atoms with Gasteiger partial charge in [-0.25, -0.2) is 4.98 Å². The Hall–Kier alpha value is -1.72. The Morgan fingerprint density at radius 2 is 2.20 bits per heavy atom. The van der Waals surface area contributed by atoms with Crippen molar-refractivity contribution in [2.75, 3.05) is 13.7 Å². The summed E-state index contributed by atoms with van der Waals surface area (Å²) in [4.78, 5) is 4.17. The van der Waals surface area contributed by atoms with Crippen molar-refractivity contribution in [1.82, 2.24) is 9.55 Å². The van der Waals surface area contributed by atoms with Gasteiger partial charge in [-0.1, -0.05) is 11.6 Å². The molecule has 0 spiro atoms. The van der Waals surface area contributed by atoms with E-state index in [2.05, 4.69) is 4.98 Å². The summed E-state index contributed by atoms with van der Waals surface area (Å²) in [6.45, 7) is 3.51. The Labute approximate surface area is 123 Å². The second-order valence-electron chi connectivity index (χ2n) is 4.32. The highest BCUT2D eigenvalue weighted by Crippen LogP contribution is 2.34. The zero-order valence-electron chi connectivity index (χ0n) is 11.6. The van der Waals surface area contributed by atoms with Crippen molar-refractivity contribution in [3.8, 4) is 11.5 Å². The first kappa shape index (κ1) is 14.7. The van der Waals surface area contributed by atoms with Gasteiger partial charge in [0.15, 0.2) is 11.5 Å². The van der Waals surface area contributed by atoms with E-state index in [9.17, 15) is 0 Å². The SMILES string of the molecule is COc1cc(Cl)cc(CN)c1OCCn1ccnc1C. The monoisotopic (exact) mass is 295 g/mol. The van der Waals surface area contributed by atoms with Crippen LogP contribution in [0.5, 0.6) is 11.5 Å². The van der Waals surface area contributed by atoms with Crippen LogP contribution in [-0.2, 0) is 13.1 Å². The maximum atomic E-state index is 6.01. The number of nitrogens with two attached hydrogens (primary N) is 1. The van der Waals surface area contributed by atoms with E-state index in [1.165, 1.54) is 0 Å². The summed E-state index contributed by atoms with van der Waals surface area (Å²) in [6, 6.07) is 3.51. The fourth-order valence-corrected chi connectivity index (χ4v) is 2.21. The molecule has 0 fully saturated rings. The highest BCUT2D eigenvalue weighted by atomic mass is 35.5. The summed E-state index contributed by atoms with van der Waals surface area (Å²) in [6.07, 6.45) is 3.69. The number of rotatable bonds is 6. The van der Waals surface area contributed by atoms with Crippen LogP contribution in [0.1, 0.15) is 11.4 Å². The lowest BCUT2D eigenvalue weighted by Crippen LogP contribution is -2.11. The molecule has 6 heteroatoms. The topological polar surface area (TPSA) is 62.3 Å². The van der Waals surface area contributed by atoms with E-state index in [1.807, 2.05) is 17.7 Å². The van der Waals surface area contributed by atoms with Crippen LogP contribution in [0, 0.1) is 6.92 Å². The van der Waals surface area contributed by atoms with E-state index in [-0.39, 0.29) is 0 Å². The molecule has 2 N–H and O–H groups in total. The summed E-state index contributed by atoms with van der Waals surface area (Å²) in [5.74, 6) is 2.20. The Balaban J connectivity index is 2.10. The van der Waals surface area contributed by atoms with Gasteiger partial charge in [0, 0.05) is 35.6 Å². The minimum atomic E-state index is 0.344. The molecule has 1 aromatic heterocycles. The molecule has 0 saturated carbocycles. The molecule has 1 heterocycles. The van der Waals surface area contributed by atoms with E-state index < -0.39 is 0 Å². The van der Waals surface area contributed by atoms with Crippen molar-refractivity contribution in [2.45, 2.75) is 20.0 Å². The second-order valence-corrected chi connectivity index (χ2v) is 4.75. The van der Waals surface area contributed by atoms with Gasteiger partial charge in [-0.05, 0) is 13.0 Å². The third-order valence-corrected chi connectivity index (χ3v) is 3.26. The molecule has 0 atom stereocenters. The van der Waals surface area contributed by atoms with Crippen LogP contribution in [-0.4, -0.2) is 23.3 Å². The zero-order valence-corrected chi connectivity index (χ0v) is 12.4. The molecule has 0 aliphatic carbocycles. The van der Waals surface area contributed by atoms with E-state index in [0.717, 1.165) is 11.4 Å². The summed E-state index contributed by atoms with van der Waals surface area (Å²) >= 11 is 6.01. The minimum Gasteiger partial charge on any atom is -0.493 e. The summed E-state index contributed by atoms with van der Waals surface area (Å²) in [5.41, 5.74) is 6.55. The molecule has 0 saturated heterocycles. The number of hydrogen-bond donors (Lipinski definition) is 1. The molecule has 108 valence electrons. The van der Waals surface area contributed by atoms with E-state index in [4.69, 9.17) is 26.8 Å². The average molecular weight is 296 g/mol. The Kier molecular flexibility index (Phi) is 4.87. The highest BCUT2D eigenvalue weighted by molar-refractivity contribution is 6.30. The number of imidazole rings is 1. The van der Waals surface area contributed by atoms with Gasteiger partial charge in [0.05, 0.1) is 13.7 Å². The van der Waals surface area contributed by atoms with Crippen LogP contribution in [0.25, 0.3) is 0 Å². The predicted octanol–water partition coefficient (Wildman–Crippen LogP) is 2.39. The molecule has 0 aliphatic heterocycles. The van der Waals surface area contributed by atoms with Gasteiger partial charge in [0.2, 0.25) is 0 Å². The molecule has 0 unspecified atom stereocenters. The molecule has 5 nitrogen and oxygen atoms in total. The summed E-state index contributed by atoms with van der Waals surface area (Å²) in [5, 5.41) is 0.583. The number of ether oxygens (including phenoxy) is 2. The van der Waals surface area contributed by atoms with Gasteiger partial charge in [-0.3, -0.25) is 0 Å². The van der Waals surface area contributed by atoms with Crippen LogP contribution in [0.2, 0.25) is 5.02 Å². The number of nitrogens with zero attached hydrogens (tertiary/aromatic N) is 2. The smallest absolute Gasteiger partial charge is 0.165 e. The van der Waals surface area contributed by atoms with Gasteiger partial charge in [-0.15, -0.1) is 0 Å². The molecule has 0 aliphatic rings. The quantitative estimate of drug-likeness (QED) is 0.889. The maximum absolute atomic E-state index is 6.01. The van der Waals surface area contributed by atoms with Crippen molar-refractivity contribution in [2.24, 2.45) is 5.73 Å². The Morgan fingerprint density at radius 3 is 2.80 bits per heavy atom. The number of aromatic nitrogens is 2. The Morgan fingerprint density at radius 1 is 1.40 bits per heavy atom. The third kappa shape index (κ3) is 3.23. The molecule has 20 heavy (non-hydrogen) atoms. The van der Waals surface area contributed by atoms with E-state index in [0.29, 0.717) is 36.2 Å². The number of aryl methyl sites for hydroxylation is 1. The van der Waals surface area contributed by atoms with Crippen LogP contribution in [0.4, 0.5) is 0 Å². The number of halogens is 1. The van der Waals surface area contributed by atoms with Crippen molar-refractivity contribution in [3.63, 3.8) is 0 Å². The lowest BCUT2D eigenvalue weighted by Gasteiger charge is -2.15. The van der Waals surface area contributed by atoms with E-state index >= 15 is 0 Å². The second kappa shape index (κ2) is 6.63. The fourth-order valence-electron chi connectivity index (χ4n) is 1.98. The highest BCUT2D eigenvalue weighted by Gasteiger charge is 2.12. The van der Waals surface area contributed by atoms with Gasteiger partial charge in [0.25, 0.3) is 0 Å². The van der Waals surface area contributed by atoms with Crippen LogP contribution < -0.4 is 15.2 Å². The first-order valence-corrected chi connectivity index (χ1v) is 6.70. The summed E-state index contributed by atoms with van der Waals surface area (Å²) < 4.78 is 13.1. The summed E-state index contributed by atoms with van der Waals surface area (Å²) in [7, 11) is 1.58. The molecule has 0 amide bonds. The molecule has 2 rings (SSSR count). The standard InChI is InChI=1S/C14H18ClN3O2/c1-10-17-3-4-18(10)5-6-20-14-11(9-16)7-12(15)8-13(14)19-2/h3-4,7-8H,5-6,9,16H2,1-2H3. The van der Waals surface area contributed by atoms with Gasteiger partial charge in [0.1, 0.15) is 12.4 Å². The molecular weight excluding hydrogens is 278 g/mol. The zero-order chi connectivity index (χ0) is 14.5. The maximum Gasteiger partial charge on any atom is 0.165 e. The van der Waals surface area contributed by atoms with Crippen molar-refractivity contribution >= 4 is 11.6 Å². The molecule has 0 bridgehead atoms. The number of benzene rings is 1. The van der Waals surface area contributed by atoms with Crippen LogP contribution in [0.3, 0.4) is 0 Å². The largest absolute Gasteiger partial charge is 0.493 e. The van der Waals surface area contributed by atoms with Crippen molar-refractivity contribution in [1.29, 1.82) is 0 Å². The lowest BCUT2D eigenvalue weighted by molar-refractivity contribution is 0.276. The molecule has 2 aromatic rings. The number of methoxy groups -OCH3 is 1. The van der Waals surface area contributed by atoms with Gasteiger partial charge < -0.3 is 19.8 Å². The number of hydrogen-bond acceptors (Lipinski definition) is 4.